The van der Waals surface area contributed by atoms with Gasteiger partial charge in [0.1, 0.15) is 0 Å². The monoisotopic (exact) mass is 359 g/mol. The second-order valence-corrected chi connectivity index (χ2v) is 5.93. The summed E-state index contributed by atoms with van der Waals surface area (Å²) < 4.78 is 1.05. The van der Waals surface area contributed by atoms with Crippen LogP contribution in [0.3, 0.4) is 0 Å². The fraction of sp³-hybridized carbons (Fsp3) is 0.500. The van der Waals surface area contributed by atoms with Crippen LogP contribution in [-0.2, 0) is 0 Å². The van der Waals surface area contributed by atoms with E-state index in [1.165, 1.54) is 0 Å². The lowest BCUT2D eigenvalue weighted by Crippen LogP contribution is -2.29. The van der Waals surface area contributed by atoms with Crippen LogP contribution >= 0.6 is 22.6 Å². The molecule has 1 atom stereocenters. The Balaban J connectivity index is 2.11. The van der Waals surface area contributed by atoms with Crippen molar-refractivity contribution in [3.63, 3.8) is 0 Å². The fourth-order valence-corrected chi connectivity index (χ4v) is 3.01. The third kappa shape index (κ3) is 2.85. The molecule has 1 amide bonds. The Hall–Kier alpha value is -0.620. The first-order chi connectivity index (χ1) is 8.63. The zero-order valence-electron chi connectivity index (χ0n) is 10.5. The van der Waals surface area contributed by atoms with Crippen molar-refractivity contribution in [1.29, 1.82) is 0 Å². The number of rotatable bonds is 3. The van der Waals surface area contributed by atoms with Crippen LogP contribution < -0.4 is 0 Å². The topological polar surface area (TPSA) is 40.5 Å². The zero-order chi connectivity index (χ0) is 13.1. The molecule has 2 rings (SSSR count). The van der Waals surface area contributed by atoms with Crippen molar-refractivity contribution in [2.45, 2.75) is 19.8 Å². The second kappa shape index (κ2) is 6.02. The van der Waals surface area contributed by atoms with Crippen molar-refractivity contribution in [2.24, 2.45) is 5.92 Å². The van der Waals surface area contributed by atoms with Crippen LogP contribution in [0.15, 0.2) is 18.2 Å². The lowest BCUT2D eigenvalue weighted by molar-refractivity contribution is 0.0783. The highest BCUT2D eigenvalue weighted by Gasteiger charge is 2.27. The Labute approximate surface area is 121 Å². The van der Waals surface area contributed by atoms with Gasteiger partial charge in [0.05, 0.1) is 5.56 Å². The molecule has 1 aliphatic rings. The predicted octanol–water partition coefficient (Wildman–Crippen LogP) is 2.44. The van der Waals surface area contributed by atoms with E-state index in [1.54, 1.807) is 0 Å². The van der Waals surface area contributed by atoms with Gasteiger partial charge in [-0.3, -0.25) is 4.79 Å². The molecule has 0 saturated carbocycles. The number of amides is 1. The SMILES string of the molecule is Cc1cccc(C(=O)N2CCC(CCO)C2)c1I. The smallest absolute Gasteiger partial charge is 0.254 e. The van der Waals surface area contributed by atoms with Crippen molar-refractivity contribution in [3.8, 4) is 0 Å². The van der Waals surface area contributed by atoms with Crippen LogP contribution in [0.25, 0.3) is 0 Å². The van der Waals surface area contributed by atoms with E-state index < -0.39 is 0 Å². The fourth-order valence-electron chi connectivity index (χ4n) is 2.42. The molecule has 4 heteroatoms. The maximum atomic E-state index is 12.4. The van der Waals surface area contributed by atoms with Gasteiger partial charge in [0, 0.05) is 23.3 Å². The Morgan fingerprint density at radius 1 is 1.56 bits per heavy atom. The summed E-state index contributed by atoms with van der Waals surface area (Å²) in [6.07, 6.45) is 1.81. The van der Waals surface area contributed by atoms with Crippen LogP contribution in [-0.4, -0.2) is 35.6 Å². The molecule has 18 heavy (non-hydrogen) atoms. The maximum Gasteiger partial charge on any atom is 0.254 e. The zero-order valence-corrected chi connectivity index (χ0v) is 12.7. The van der Waals surface area contributed by atoms with Crippen LogP contribution in [0.4, 0.5) is 0 Å². The summed E-state index contributed by atoms with van der Waals surface area (Å²) in [6, 6.07) is 5.86. The summed E-state index contributed by atoms with van der Waals surface area (Å²) in [5, 5.41) is 8.94. The number of carbonyl (C=O) groups is 1. The molecule has 1 aromatic carbocycles. The summed E-state index contributed by atoms with van der Waals surface area (Å²) in [6.45, 7) is 3.84. The summed E-state index contributed by atoms with van der Waals surface area (Å²) in [5.74, 6) is 0.588. The van der Waals surface area contributed by atoms with Crippen molar-refractivity contribution < 1.29 is 9.90 Å². The quantitative estimate of drug-likeness (QED) is 0.843. The summed E-state index contributed by atoms with van der Waals surface area (Å²) in [7, 11) is 0. The Morgan fingerprint density at radius 3 is 3.06 bits per heavy atom. The number of halogens is 1. The van der Waals surface area contributed by atoms with Crippen LogP contribution in [0.2, 0.25) is 0 Å². The van der Waals surface area contributed by atoms with E-state index in [1.807, 2.05) is 30.0 Å². The standard InChI is InChI=1S/C14H18INO2/c1-10-3-2-4-12(13(10)15)14(18)16-7-5-11(9-16)6-8-17/h2-4,11,17H,5-9H2,1H3. The minimum Gasteiger partial charge on any atom is -0.396 e. The Kier molecular flexibility index (Phi) is 4.61. The summed E-state index contributed by atoms with van der Waals surface area (Å²) >= 11 is 2.24. The molecular weight excluding hydrogens is 341 g/mol. The van der Waals surface area contributed by atoms with Gasteiger partial charge in [-0.05, 0) is 59.9 Å². The molecule has 0 bridgehead atoms. The minimum atomic E-state index is 0.128. The number of carbonyl (C=O) groups excluding carboxylic acids is 1. The molecule has 98 valence electrons. The van der Waals surface area contributed by atoms with E-state index in [4.69, 9.17) is 5.11 Å². The minimum absolute atomic E-state index is 0.128. The largest absolute Gasteiger partial charge is 0.396 e. The number of aliphatic hydroxyl groups is 1. The van der Waals surface area contributed by atoms with Gasteiger partial charge in [-0.2, -0.15) is 0 Å². The van der Waals surface area contributed by atoms with Crippen molar-refractivity contribution in [2.75, 3.05) is 19.7 Å². The average molecular weight is 359 g/mol. The van der Waals surface area contributed by atoms with Crippen LogP contribution in [0.5, 0.6) is 0 Å². The first-order valence-corrected chi connectivity index (χ1v) is 7.36. The van der Waals surface area contributed by atoms with Crippen LogP contribution in [0.1, 0.15) is 28.8 Å². The number of likely N-dealkylation sites (tertiary alicyclic amines) is 1. The van der Waals surface area contributed by atoms with Gasteiger partial charge >= 0.3 is 0 Å². The predicted molar refractivity (Wildman–Crippen MR) is 79.6 cm³/mol. The first-order valence-electron chi connectivity index (χ1n) is 6.28. The van der Waals surface area contributed by atoms with Gasteiger partial charge in [-0.15, -0.1) is 0 Å². The normalized spacial score (nSPS) is 19.3. The average Bonchev–Trinajstić information content (AvgIpc) is 2.81. The molecule has 0 spiro atoms. The van der Waals surface area contributed by atoms with Gasteiger partial charge in [-0.1, -0.05) is 12.1 Å². The first kappa shape index (κ1) is 13.8. The molecule has 0 aliphatic carbocycles. The van der Waals surface area contributed by atoms with Gasteiger partial charge in [-0.25, -0.2) is 0 Å². The molecule has 1 aromatic rings. The molecule has 0 radical (unpaired) electrons. The van der Waals surface area contributed by atoms with Crippen molar-refractivity contribution in [1.82, 2.24) is 4.90 Å². The lowest BCUT2D eigenvalue weighted by Gasteiger charge is -2.18. The molecule has 1 saturated heterocycles. The van der Waals surface area contributed by atoms with E-state index in [9.17, 15) is 4.79 Å². The Bertz CT molecular complexity index is 447. The number of hydrogen-bond donors (Lipinski definition) is 1. The highest BCUT2D eigenvalue weighted by molar-refractivity contribution is 14.1. The van der Waals surface area contributed by atoms with E-state index in [-0.39, 0.29) is 12.5 Å². The van der Waals surface area contributed by atoms with Gasteiger partial charge < -0.3 is 10.0 Å². The highest BCUT2D eigenvalue weighted by Crippen LogP contribution is 2.24. The number of aliphatic hydroxyl groups excluding tert-OH is 1. The number of hydrogen-bond acceptors (Lipinski definition) is 2. The third-order valence-electron chi connectivity index (χ3n) is 3.53. The van der Waals surface area contributed by atoms with Crippen molar-refractivity contribution in [3.05, 3.63) is 32.9 Å². The van der Waals surface area contributed by atoms with Gasteiger partial charge in [0.15, 0.2) is 0 Å². The second-order valence-electron chi connectivity index (χ2n) is 4.85. The van der Waals surface area contributed by atoms with Gasteiger partial charge in [0.2, 0.25) is 0 Å². The summed E-state index contributed by atoms with van der Waals surface area (Å²) in [5.41, 5.74) is 1.95. The van der Waals surface area contributed by atoms with Crippen LogP contribution in [0, 0.1) is 16.4 Å². The molecule has 1 fully saturated rings. The molecule has 1 unspecified atom stereocenters. The molecule has 1 heterocycles. The van der Waals surface area contributed by atoms with E-state index in [0.29, 0.717) is 5.92 Å². The number of nitrogens with zero attached hydrogens (tertiary/aromatic N) is 1. The number of aryl methyl sites for hydroxylation is 1. The van der Waals surface area contributed by atoms with E-state index >= 15 is 0 Å². The molecular formula is C14H18INO2. The van der Waals surface area contributed by atoms with Gasteiger partial charge in [0.25, 0.3) is 5.91 Å². The third-order valence-corrected chi connectivity index (χ3v) is 4.96. The van der Waals surface area contributed by atoms with E-state index in [0.717, 1.165) is 40.6 Å². The summed E-state index contributed by atoms with van der Waals surface area (Å²) in [4.78, 5) is 14.3. The number of benzene rings is 1. The van der Waals surface area contributed by atoms with Crippen molar-refractivity contribution >= 4 is 28.5 Å². The molecule has 0 aromatic heterocycles. The maximum absolute atomic E-state index is 12.4. The molecule has 1 N–H and O–H groups in total. The lowest BCUT2D eigenvalue weighted by atomic mass is 10.1. The molecule has 3 nitrogen and oxygen atoms in total. The Morgan fingerprint density at radius 2 is 2.33 bits per heavy atom. The highest BCUT2D eigenvalue weighted by atomic mass is 127. The van der Waals surface area contributed by atoms with E-state index in [2.05, 4.69) is 22.6 Å². The molecule has 1 aliphatic heterocycles.